The molecule has 0 aliphatic rings. The fourth-order valence-corrected chi connectivity index (χ4v) is 0.161. The van der Waals surface area contributed by atoms with Crippen LogP contribution in [0.2, 0.25) is 0 Å². The molecule has 0 atom stereocenters. The summed E-state index contributed by atoms with van der Waals surface area (Å²) in [6.45, 7) is 3.19. The van der Waals surface area contributed by atoms with E-state index in [1.54, 1.807) is 0 Å². The lowest BCUT2D eigenvalue weighted by Gasteiger charge is -1.92. The van der Waals surface area contributed by atoms with E-state index in [4.69, 9.17) is 5.73 Å². The molecule has 7 heavy (non-hydrogen) atoms. The van der Waals surface area contributed by atoms with Gasteiger partial charge >= 0.3 is 0 Å². The van der Waals surface area contributed by atoms with Crippen LogP contribution in [0.4, 0.5) is 0 Å². The number of rotatable bonds is 1. The van der Waals surface area contributed by atoms with Gasteiger partial charge in [0.2, 0.25) is 0 Å². The first-order valence-corrected chi connectivity index (χ1v) is 1.85. The van der Waals surface area contributed by atoms with Crippen LogP contribution in [0.1, 0.15) is 0 Å². The number of hydrogen-bond acceptors (Lipinski definition) is 2. The molecule has 0 rings (SSSR count). The number of hydrogen-bond donors (Lipinski definition) is 2. The molecule has 1 amide bonds. The molecule has 0 aromatic rings. The molecule has 0 spiro atoms. The maximum Gasteiger partial charge on any atom is 0.266 e. The highest BCUT2D eigenvalue weighted by molar-refractivity contribution is 5.91. The first-order chi connectivity index (χ1) is 3.18. The van der Waals surface area contributed by atoms with E-state index in [-0.39, 0.29) is 11.6 Å². The van der Waals surface area contributed by atoms with Crippen molar-refractivity contribution in [1.82, 2.24) is 5.32 Å². The third kappa shape index (κ3) is 1.81. The first kappa shape index (κ1) is 6.01. The monoisotopic (exact) mass is 100 g/mol. The molecular weight excluding hydrogens is 92.1 g/mol. The minimum absolute atomic E-state index is 0.0440. The van der Waals surface area contributed by atoms with E-state index in [9.17, 15) is 4.79 Å². The molecule has 0 bridgehead atoms. The number of nitrogens with two attached hydrogens (primary N) is 1. The van der Waals surface area contributed by atoms with Crippen LogP contribution >= 0.6 is 0 Å². The molecule has 3 N–H and O–H groups in total. The molecule has 0 radical (unpaired) electrons. The second kappa shape index (κ2) is 2.23. The smallest absolute Gasteiger partial charge is 0.266 e. The van der Waals surface area contributed by atoms with Crippen LogP contribution in [0.15, 0.2) is 12.3 Å². The Labute approximate surface area is 42.2 Å². The van der Waals surface area contributed by atoms with Gasteiger partial charge in [-0.3, -0.25) is 4.79 Å². The van der Waals surface area contributed by atoms with Gasteiger partial charge in [-0.2, -0.15) is 0 Å². The summed E-state index contributed by atoms with van der Waals surface area (Å²) in [6, 6.07) is 0. The van der Waals surface area contributed by atoms with Gasteiger partial charge in [0.1, 0.15) is 0 Å². The Morgan fingerprint density at radius 2 is 2.29 bits per heavy atom. The molecule has 40 valence electrons. The largest absolute Gasteiger partial charge is 0.395 e. The first-order valence-electron chi connectivity index (χ1n) is 1.85. The number of carbonyl (C=O) groups is 1. The van der Waals surface area contributed by atoms with Crippen molar-refractivity contribution >= 4 is 5.91 Å². The zero-order valence-corrected chi connectivity index (χ0v) is 4.19. The number of likely N-dealkylation sites (N-methyl/N-ethyl adjacent to an activating group) is 1. The summed E-state index contributed by atoms with van der Waals surface area (Å²) >= 11 is 0. The van der Waals surface area contributed by atoms with Crippen molar-refractivity contribution in [3.8, 4) is 0 Å². The van der Waals surface area contributed by atoms with Crippen molar-refractivity contribution in [2.24, 2.45) is 5.73 Å². The van der Waals surface area contributed by atoms with Crippen molar-refractivity contribution in [3.63, 3.8) is 0 Å². The van der Waals surface area contributed by atoms with Crippen LogP contribution in [0.5, 0.6) is 0 Å². The molecule has 0 aliphatic carbocycles. The average Bonchev–Trinajstić information content (AvgIpc) is 1.65. The molecule has 0 aliphatic heterocycles. The third-order valence-corrected chi connectivity index (χ3v) is 0.519. The average molecular weight is 100 g/mol. The van der Waals surface area contributed by atoms with Crippen molar-refractivity contribution < 1.29 is 4.79 Å². The van der Waals surface area contributed by atoms with Crippen LogP contribution in [-0.4, -0.2) is 13.0 Å². The molecule has 0 aromatic heterocycles. The highest BCUT2D eigenvalue weighted by Gasteiger charge is 1.93. The number of amides is 1. The minimum Gasteiger partial charge on any atom is -0.395 e. The Morgan fingerprint density at radius 3 is 2.29 bits per heavy atom. The standard InChI is InChI=1S/C4H8N2O/c1-3(5)4(7)6-2/h1,5H2,2H3,(H,6,7). The van der Waals surface area contributed by atoms with E-state index in [2.05, 4.69) is 11.9 Å². The fraction of sp³-hybridized carbons (Fsp3) is 0.250. The maximum absolute atomic E-state index is 10.2. The summed E-state index contributed by atoms with van der Waals surface area (Å²) in [5, 5.41) is 2.30. The van der Waals surface area contributed by atoms with Gasteiger partial charge in [-0.1, -0.05) is 6.58 Å². The Morgan fingerprint density at radius 1 is 1.86 bits per heavy atom. The highest BCUT2D eigenvalue weighted by atomic mass is 16.1. The summed E-state index contributed by atoms with van der Waals surface area (Å²) in [4.78, 5) is 10.2. The molecule has 3 heteroatoms. The van der Waals surface area contributed by atoms with Gasteiger partial charge < -0.3 is 11.1 Å². The Bertz CT molecular complexity index is 97.9. The van der Waals surface area contributed by atoms with E-state index in [0.717, 1.165) is 0 Å². The summed E-state index contributed by atoms with van der Waals surface area (Å²) in [5.74, 6) is -0.319. The van der Waals surface area contributed by atoms with E-state index < -0.39 is 0 Å². The van der Waals surface area contributed by atoms with Crippen LogP contribution < -0.4 is 11.1 Å². The SMILES string of the molecule is C=C(N)C(=O)NC. The van der Waals surface area contributed by atoms with Crippen molar-refractivity contribution in [1.29, 1.82) is 0 Å². The predicted octanol–water partition coefficient (Wildman–Crippen LogP) is -0.795. The second-order valence-electron chi connectivity index (χ2n) is 1.10. The lowest BCUT2D eigenvalue weighted by molar-refractivity contribution is -0.117. The molecule has 3 nitrogen and oxygen atoms in total. The van der Waals surface area contributed by atoms with Crippen LogP contribution in [0, 0.1) is 0 Å². The summed E-state index contributed by atoms with van der Waals surface area (Å²) < 4.78 is 0. The van der Waals surface area contributed by atoms with Crippen molar-refractivity contribution in [2.45, 2.75) is 0 Å². The third-order valence-electron chi connectivity index (χ3n) is 0.519. The second-order valence-corrected chi connectivity index (χ2v) is 1.10. The lowest BCUT2D eigenvalue weighted by Crippen LogP contribution is -2.23. The van der Waals surface area contributed by atoms with Crippen LogP contribution in [0.25, 0.3) is 0 Å². The topological polar surface area (TPSA) is 55.1 Å². The van der Waals surface area contributed by atoms with Crippen molar-refractivity contribution in [3.05, 3.63) is 12.3 Å². The molecule has 0 fully saturated rings. The van der Waals surface area contributed by atoms with Gasteiger partial charge in [0.05, 0.1) is 5.70 Å². The zero-order chi connectivity index (χ0) is 5.86. The lowest BCUT2D eigenvalue weighted by atomic mass is 10.5. The molecule has 0 saturated heterocycles. The number of carbonyl (C=O) groups excluding carboxylic acids is 1. The van der Waals surface area contributed by atoms with Gasteiger partial charge in [-0.05, 0) is 0 Å². The Kier molecular flexibility index (Phi) is 1.91. The van der Waals surface area contributed by atoms with Gasteiger partial charge in [0, 0.05) is 7.05 Å². The maximum atomic E-state index is 10.2. The summed E-state index contributed by atoms with van der Waals surface area (Å²) in [7, 11) is 1.50. The predicted molar refractivity (Wildman–Crippen MR) is 27.4 cm³/mol. The van der Waals surface area contributed by atoms with E-state index in [1.165, 1.54) is 7.05 Å². The molecule has 0 saturated carbocycles. The summed E-state index contributed by atoms with van der Waals surface area (Å²) in [5.41, 5.74) is 4.98. The molecule has 0 heterocycles. The summed E-state index contributed by atoms with van der Waals surface area (Å²) in [6.07, 6.45) is 0. The highest BCUT2D eigenvalue weighted by Crippen LogP contribution is 1.70. The van der Waals surface area contributed by atoms with Gasteiger partial charge in [0.25, 0.3) is 5.91 Å². The normalized spacial score (nSPS) is 7.57. The van der Waals surface area contributed by atoms with Gasteiger partial charge in [-0.25, -0.2) is 0 Å². The molecule has 0 unspecified atom stereocenters. The van der Waals surface area contributed by atoms with E-state index in [0.29, 0.717) is 0 Å². The van der Waals surface area contributed by atoms with E-state index in [1.807, 2.05) is 0 Å². The van der Waals surface area contributed by atoms with Gasteiger partial charge in [-0.15, -0.1) is 0 Å². The Hall–Kier alpha value is -0.990. The fourth-order valence-electron chi connectivity index (χ4n) is 0.161. The minimum atomic E-state index is -0.319. The zero-order valence-electron chi connectivity index (χ0n) is 4.19. The van der Waals surface area contributed by atoms with Gasteiger partial charge in [0.15, 0.2) is 0 Å². The van der Waals surface area contributed by atoms with Crippen LogP contribution in [-0.2, 0) is 4.79 Å². The quantitative estimate of drug-likeness (QED) is 0.424. The van der Waals surface area contributed by atoms with E-state index >= 15 is 0 Å². The Balaban J connectivity index is 3.58. The van der Waals surface area contributed by atoms with Crippen molar-refractivity contribution in [2.75, 3.05) is 7.05 Å². The number of nitrogens with one attached hydrogen (secondary N) is 1. The molecular formula is C4H8N2O. The molecule has 0 aromatic carbocycles. The van der Waals surface area contributed by atoms with Crippen LogP contribution in [0.3, 0.4) is 0 Å².